The molecule has 3 atom stereocenters. The fourth-order valence-corrected chi connectivity index (χ4v) is 3.98. The molecule has 1 N–H and O–H groups in total. The third kappa shape index (κ3) is 5.07. The standard InChI is InChI=1S/C17H34N2/c1-3-7-15-8-6-9-16(12-11-15)18-14-17-10-4-5-13-19(17)2/h15-18H,3-14H2,1-2H3. The Kier molecular flexibility index (Phi) is 6.66. The molecule has 0 spiro atoms. The van der Waals surface area contributed by atoms with Gasteiger partial charge in [-0.1, -0.05) is 39.0 Å². The number of likely N-dealkylation sites (tertiary alicyclic amines) is 1. The molecule has 1 aliphatic carbocycles. The molecule has 0 aromatic rings. The zero-order valence-electron chi connectivity index (χ0n) is 13.2. The summed E-state index contributed by atoms with van der Waals surface area (Å²) in [6.07, 6.45) is 14.3. The smallest absolute Gasteiger partial charge is 0.0217 e. The molecule has 2 heteroatoms. The van der Waals surface area contributed by atoms with Crippen LogP contribution in [0.4, 0.5) is 0 Å². The van der Waals surface area contributed by atoms with Crippen LogP contribution in [0.25, 0.3) is 0 Å². The molecular weight excluding hydrogens is 232 g/mol. The molecule has 2 fully saturated rings. The van der Waals surface area contributed by atoms with E-state index < -0.39 is 0 Å². The summed E-state index contributed by atoms with van der Waals surface area (Å²) in [5, 5.41) is 3.88. The predicted octanol–water partition coefficient (Wildman–Crippen LogP) is 3.81. The number of nitrogens with zero attached hydrogens (tertiary/aromatic N) is 1. The lowest BCUT2D eigenvalue weighted by molar-refractivity contribution is 0.176. The maximum Gasteiger partial charge on any atom is 0.0217 e. The minimum atomic E-state index is 0.795. The largest absolute Gasteiger partial charge is 0.312 e. The number of rotatable bonds is 5. The minimum absolute atomic E-state index is 0.795. The molecule has 2 nitrogen and oxygen atoms in total. The summed E-state index contributed by atoms with van der Waals surface area (Å²) >= 11 is 0. The van der Waals surface area contributed by atoms with Gasteiger partial charge in [-0.05, 0) is 51.6 Å². The molecule has 0 aromatic carbocycles. The zero-order valence-corrected chi connectivity index (χ0v) is 13.2. The molecule has 0 bridgehead atoms. The molecule has 3 unspecified atom stereocenters. The van der Waals surface area contributed by atoms with Gasteiger partial charge in [-0.2, -0.15) is 0 Å². The van der Waals surface area contributed by atoms with Gasteiger partial charge < -0.3 is 10.2 Å². The first kappa shape index (κ1) is 15.3. The first-order valence-corrected chi connectivity index (χ1v) is 8.73. The van der Waals surface area contributed by atoms with Gasteiger partial charge in [-0.3, -0.25) is 0 Å². The van der Waals surface area contributed by atoms with Crippen molar-refractivity contribution < 1.29 is 0 Å². The quantitative estimate of drug-likeness (QED) is 0.761. The fourth-order valence-electron chi connectivity index (χ4n) is 3.98. The molecule has 0 aromatic heterocycles. The predicted molar refractivity (Wildman–Crippen MR) is 83.5 cm³/mol. The lowest BCUT2D eigenvalue weighted by Gasteiger charge is -2.33. The number of hydrogen-bond donors (Lipinski definition) is 1. The second-order valence-corrected chi connectivity index (χ2v) is 6.90. The van der Waals surface area contributed by atoms with Crippen LogP contribution < -0.4 is 5.32 Å². The average molecular weight is 266 g/mol. The van der Waals surface area contributed by atoms with Gasteiger partial charge in [0, 0.05) is 18.6 Å². The van der Waals surface area contributed by atoms with Gasteiger partial charge >= 0.3 is 0 Å². The van der Waals surface area contributed by atoms with Crippen LogP contribution in [0.15, 0.2) is 0 Å². The van der Waals surface area contributed by atoms with E-state index in [2.05, 4.69) is 24.2 Å². The third-order valence-corrected chi connectivity index (χ3v) is 5.35. The van der Waals surface area contributed by atoms with Crippen LogP contribution in [0.5, 0.6) is 0 Å². The molecule has 1 saturated heterocycles. The van der Waals surface area contributed by atoms with Crippen molar-refractivity contribution in [2.45, 2.75) is 83.2 Å². The van der Waals surface area contributed by atoms with Gasteiger partial charge in [0.2, 0.25) is 0 Å². The van der Waals surface area contributed by atoms with E-state index >= 15 is 0 Å². The van der Waals surface area contributed by atoms with Crippen molar-refractivity contribution in [3.63, 3.8) is 0 Å². The highest BCUT2D eigenvalue weighted by Crippen LogP contribution is 2.27. The Morgan fingerprint density at radius 3 is 2.68 bits per heavy atom. The second-order valence-electron chi connectivity index (χ2n) is 6.90. The number of piperidine rings is 1. The van der Waals surface area contributed by atoms with Crippen LogP contribution in [-0.4, -0.2) is 37.1 Å². The van der Waals surface area contributed by atoms with E-state index in [4.69, 9.17) is 0 Å². The monoisotopic (exact) mass is 266 g/mol. The van der Waals surface area contributed by atoms with Gasteiger partial charge in [-0.25, -0.2) is 0 Å². The van der Waals surface area contributed by atoms with Crippen LogP contribution >= 0.6 is 0 Å². The molecular formula is C17H34N2. The van der Waals surface area contributed by atoms with Crippen molar-refractivity contribution >= 4 is 0 Å². The molecule has 1 heterocycles. The van der Waals surface area contributed by atoms with Gasteiger partial charge in [0.1, 0.15) is 0 Å². The first-order valence-electron chi connectivity index (χ1n) is 8.73. The Morgan fingerprint density at radius 2 is 1.89 bits per heavy atom. The molecule has 1 aliphatic heterocycles. The summed E-state index contributed by atoms with van der Waals surface area (Å²) < 4.78 is 0. The maximum atomic E-state index is 3.88. The van der Waals surface area contributed by atoms with Gasteiger partial charge in [0.25, 0.3) is 0 Å². The summed E-state index contributed by atoms with van der Waals surface area (Å²) in [6.45, 7) is 4.86. The molecule has 1 saturated carbocycles. The molecule has 0 radical (unpaired) electrons. The lowest BCUT2D eigenvalue weighted by Crippen LogP contribution is -2.45. The summed E-state index contributed by atoms with van der Waals surface area (Å²) in [4.78, 5) is 2.56. The van der Waals surface area contributed by atoms with Crippen LogP contribution in [0.1, 0.15) is 71.1 Å². The highest BCUT2D eigenvalue weighted by atomic mass is 15.2. The van der Waals surface area contributed by atoms with Gasteiger partial charge in [0.05, 0.1) is 0 Å². The van der Waals surface area contributed by atoms with Gasteiger partial charge in [0.15, 0.2) is 0 Å². The van der Waals surface area contributed by atoms with Crippen molar-refractivity contribution in [2.24, 2.45) is 5.92 Å². The van der Waals surface area contributed by atoms with E-state index in [0.717, 1.165) is 18.0 Å². The molecule has 112 valence electrons. The van der Waals surface area contributed by atoms with Crippen molar-refractivity contribution in [2.75, 3.05) is 20.1 Å². The number of likely N-dealkylation sites (N-methyl/N-ethyl adjacent to an activating group) is 1. The highest BCUT2D eigenvalue weighted by Gasteiger charge is 2.22. The molecule has 2 rings (SSSR count). The van der Waals surface area contributed by atoms with E-state index in [-0.39, 0.29) is 0 Å². The van der Waals surface area contributed by atoms with Crippen molar-refractivity contribution in [1.82, 2.24) is 10.2 Å². The highest BCUT2D eigenvalue weighted by molar-refractivity contribution is 4.80. The van der Waals surface area contributed by atoms with Crippen molar-refractivity contribution in [3.05, 3.63) is 0 Å². The second kappa shape index (κ2) is 8.26. The molecule has 2 aliphatic rings. The van der Waals surface area contributed by atoms with Crippen molar-refractivity contribution in [1.29, 1.82) is 0 Å². The third-order valence-electron chi connectivity index (χ3n) is 5.35. The van der Waals surface area contributed by atoms with Crippen molar-refractivity contribution in [3.8, 4) is 0 Å². The fraction of sp³-hybridized carbons (Fsp3) is 1.00. The molecule has 19 heavy (non-hydrogen) atoms. The van der Waals surface area contributed by atoms with E-state index in [1.54, 1.807) is 0 Å². The SMILES string of the molecule is CCCC1CCCC(NCC2CCCCN2C)CC1. The van der Waals surface area contributed by atoms with Crippen LogP contribution in [0.3, 0.4) is 0 Å². The lowest BCUT2D eigenvalue weighted by atomic mass is 9.95. The Morgan fingerprint density at radius 1 is 1.00 bits per heavy atom. The van der Waals surface area contributed by atoms with Crippen LogP contribution in [0.2, 0.25) is 0 Å². The Balaban J connectivity index is 1.68. The van der Waals surface area contributed by atoms with E-state index in [9.17, 15) is 0 Å². The first-order chi connectivity index (χ1) is 9.29. The average Bonchev–Trinajstić information content (AvgIpc) is 2.64. The Hall–Kier alpha value is -0.0800. The van der Waals surface area contributed by atoms with Crippen LogP contribution in [0, 0.1) is 5.92 Å². The number of nitrogens with one attached hydrogen (secondary N) is 1. The van der Waals surface area contributed by atoms with Crippen LogP contribution in [-0.2, 0) is 0 Å². The maximum absolute atomic E-state index is 3.88. The van der Waals surface area contributed by atoms with E-state index in [1.807, 2.05) is 0 Å². The van der Waals surface area contributed by atoms with E-state index in [0.29, 0.717) is 0 Å². The normalized spacial score (nSPS) is 34.1. The Bertz CT molecular complexity index is 241. The van der Waals surface area contributed by atoms with E-state index in [1.165, 1.54) is 77.3 Å². The summed E-state index contributed by atoms with van der Waals surface area (Å²) in [5.41, 5.74) is 0. The minimum Gasteiger partial charge on any atom is -0.312 e. The van der Waals surface area contributed by atoms with Gasteiger partial charge in [-0.15, -0.1) is 0 Å². The number of hydrogen-bond acceptors (Lipinski definition) is 2. The Labute approximate surface area is 120 Å². The summed E-state index contributed by atoms with van der Waals surface area (Å²) in [7, 11) is 2.30. The topological polar surface area (TPSA) is 15.3 Å². The summed E-state index contributed by atoms with van der Waals surface area (Å²) in [5.74, 6) is 1.02. The molecule has 0 amide bonds. The zero-order chi connectivity index (χ0) is 13.5. The summed E-state index contributed by atoms with van der Waals surface area (Å²) in [6, 6.07) is 1.60.